The highest BCUT2D eigenvalue weighted by Gasteiger charge is 2.07. The van der Waals surface area contributed by atoms with E-state index >= 15 is 0 Å². The molecule has 0 spiro atoms. The first-order chi connectivity index (χ1) is 6.72. The smallest absolute Gasteiger partial charge is 0.162 e. The summed E-state index contributed by atoms with van der Waals surface area (Å²) in [5.74, 6) is 2.07. The zero-order chi connectivity index (χ0) is 10.1. The van der Waals surface area contributed by atoms with Crippen molar-refractivity contribution >= 4 is 16.9 Å². The van der Waals surface area contributed by atoms with Gasteiger partial charge in [-0.3, -0.25) is 0 Å². The van der Waals surface area contributed by atoms with Crippen LogP contribution in [-0.4, -0.2) is 9.97 Å². The summed E-state index contributed by atoms with van der Waals surface area (Å²) in [6.07, 6.45) is 6.22. The number of terminal acetylenes is 1. The molecule has 0 aliphatic heterocycles. The molecule has 0 radical (unpaired) electrons. The molecule has 0 atom stereocenters. The van der Waals surface area contributed by atoms with Crippen molar-refractivity contribution in [3.63, 3.8) is 0 Å². The van der Waals surface area contributed by atoms with Crippen LogP contribution in [0.25, 0.3) is 11.0 Å². The molecule has 0 bridgehead atoms. The molecule has 2 heterocycles. The number of fused-ring (bicyclic) bond motifs is 1. The first-order valence-electron chi connectivity index (χ1n) is 3.89. The normalized spacial score (nSPS) is 10.0. The SMILES string of the molecule is C#Cc1c(F)cnc2nc(N)ccc12. The van der Waals surface area contributed by atoms with E-state index < -0.39 is 5.82 Å². The Bertz CT molecular complexity index is 543. The van der Waals surface area contributed by atoms with Crippen molar-refractivity contribution in [1.29, 1.82) is 0 Å². The molecule has 0 aliphatic carbocycles. The molecular weight excluding hydrogens is 181 g/mol. The van der Waals surface area contributed by atoms with Crippen LogP contribution in [0.4, 0.5) is 10.2 Å². The lowest BCUT2D eigenvalue weighted by molar-refractivity contribution is 0.620. The van der Waals surface area contributed by atoms with E-state index in [9.17, 15) is 4.39 Å². The maximum atomic E-state index is 13.2. The molecule has 14 heavy (non-hydrogen) atoms. The average Bonchev–Trinajstić information content (AvgIpc) is 2.18. The maximum Gasteiger partial charge on any atom is 0.162 e. The molecule has 0 amide bonds. The van der Waals surface area contributed by atoms with E-state index in [-0.39, 0.29) is 5.56 Å². The summed E-state index contributed by atoms with van der Waals surface area (Å²) in [6.45, 7) is 0. The summed E-state index contributed by atoms with van der Waals surface area (Å²) in [4.78, 5) is 7.72. The van der Waals surface area contributed by atoms with Crippen molar-refractivity contribution in [2.24, 2.45) is 0 Å². The Hall–Kier alpha value is -2.15. The molecule has 3 nitrogen and oxygen atoms in total. The summed E-state index contributed by atoms with van der Waals surface area (Å²) < 4.78 is 13.2. The van der Waals surface area contributed by atoms with Crippen molar-refractivity contribution in [2.75, 3.05) is 5.73 Å². The van der Waals surface area contributed by atoms with Crippen LogP contribution in [0.1, 0.15) is 5.56 Å². The van der Waals surface area contributed by atoms with Crippen LogP contribution in [0.3, 0.4) is 0 Å². The third-order valence-corrected chi connectivity index (χ3v) is 1.85. The van der Waals surface area contributed by atoms with E-state index in [0.717, 1.165) is 6.20 Å². The number of nitrogens with zero attached hydrogens (tertiary/aromatic N) is 2. The minimum absolute atomic E-state index is 0.169. The van der Waals surface area contributed by atoms with Gasteiger partial charge in [-0.2, -0.15) is 0 Å². The highest BCUT2D eigenvalue weighted by Crippen LogP contribution is 2.18. The molecule has 0 saturated heterocycles. The lowest BCUT2D eigenvalue weighted by Crippen LogP contribution is -1.95. The number of pyridine rings is 2. The highest BCUT2D eigenvalue weighted by atomic mass is 19.1. The number of anilines is 1. The van der Waals surface area contributed by atoms with Crippen LogP contribution in [0.5, 0.6) is 0 Å². The number of hydrogen-bond acceptors (Lipinski definition) is 3. The van der Waals surface area contributed by atoms with Gasteiger partial charge >= 0.3 is 0 Å². The van der Waals surface area contributed by atoms with Gasteiger partial charge in [0, 0.05) is 5.39 Å². The van der Waals surface area contributed by atoms with Crippen LogP contribution in [0.15, 0.2) is 18.3 Å². The average molecular weight is 187 g/mol. The molecule has 0 aliphatic rings. The fourth-order valence-electron chi connectivity index (χ4n) is 1.21. The number of hydrogen-bond donors (Lipinski definition) is 1. The van der Waals surface area contributed by atoms with Gasteiger partial charge in [0.1, 0.15) is 5.82 Å². The van der Waals surface area contributed by atoms with Crippen molar-refractivity contribution in [1.82, 2.24) is 9.97 Å². The van der Waals surface area contributed by atoms with Gasteiger partial charge < -0.3 is 5.73 Å². The summed E-state index contributed by atoms with van der Waals surface area (Å²) in [5.41, 5.74) is 5.99. The number of nitrogen functional groups attached to an aromatic ring is 1. The van der Waals surface area contributed by atoms with Gasteiger partial charge in [-0.05, 0) is 12.1 Å². The fraction of sp³-hybridized carbons (Fsp3) is 0. The van der Waals surface area contributed by atoms with E-state index in [1.54, 1.807) is 12.1 Å². The number of rotatable bonds is 0. The summed E-state index contributed by atoms with van der Waals surface area (Å²) in [5, 5.41) is 0.502. The topological polar surface area (TPSA) is 51.8 Å². The van der Waals surface area contributed by atoms with Gasteiger partial charge in [0.25, 0.3) is 0 Å². The van der Waals surface area contributed by atoms with Gasteiger partial charge in [0.2, 0.25) is 0 Å². The van der Waals surface area contributed by atoms with Crippen LogP contribution in [0.2, 0.25) is 0 Å². The minimum atomic E-state index is -0.522. The highest BCUT2D eigenvalue weighted by molar-refractivity contribution is 5.83. The van der Waals surface area contributed by atoms with Gasteiger partial charge in [0.05, 0.1) is 11.8 Å². The van der Waals surface area contributed by atoms with Crippen molar-refractivity contribution in [3.8, 4) is 12.3 Å². The van der Waals surface area contributed by atoms with Crippen LogP contribution in [-0.2, 0) is 0 Å². The summed E-state index contributed by atoms with van der Waals surface area (Å²) in [7, 11) is 0. The molecule has 2 N–H and O–H groups in total. The van der Waals surface area contributed by atoms with E-state index in [2.05, 4.69) is 15.9 Å². The Morgan fingerprint density at radius 2 is 2.21 bits per heavy atom. The molecule has 68 valence electrons. The van der Waals surface area contributed by atoms with E-state index in [0.29, 0.717) is 16.9 Å². The molecule has 2 aromatic heterocycles. The Balaban J connectivity index is 2.90. The first-order valence-corrected chi connectivity index (χ1v) is 3.89. The van der Waals surface area contributed by atoms with E-state index in [4.69, 9.17) is 12.2 Å². The fourth-order valence-corrected chi connectivity index (χ4v) is 1.21. The minimum Gasteiger partial charge on any atom is -0.384 e. The van der Waals surface area contributed by atoms with Gasteiger partial charge in [0.15, 0.2) is 11.5 Å². The number of halogens is 1. The Kier molecular flexibility index (Phi) is 1.79. The molecule has 0 fully saturated rings. The zero-order valence-electron chi connectivity index (χ0n) is 7.16. The second-order valence-electron chi connectivity index (χ2n) is 2.73. The molecule has 0 saturated carbocycles. The Labute approximate surface area is 79.8 Å². The quantitative estimate of drug-likeness (QED) is 0.633. The molecule has 0 unspecified atom stereocenters. The van der Waals surface area contributed by atoms with Crippen molar-refractivity contribution in [2.45, 2.75) is 0 Å². The summed E-state index contributed by atoms with van der Waals surface area (Å²) in [6, 6.07) is 3.17. The predicted molar refractivity (Wildman–Crippen MR) is 51.8 cm³/mol. The van der Waals surface area contributed by atoms with Gasteiger partial charge in [-0.25, -0.2) is 14.4 Å². The standard InChI is InChI=1S/C10H6FN3/c1-2-6-7-3-4-9(12)14-10(7)13-5-8(6)11/h1,3-5H,(H2,12,13,14). The molecule has 2 aromatic rings. The monoisotopic (exact) mass is 187 g/mol. The second kappa shape index (κ2) is 2.96. The van der Waals surface area contributed by atoms with Crippen molar-refractivity contribution < 1.29 is 4.39 Å². The Morgan fingerprint density at radius 1 is 1.43 bits per heavy atom. The van der Waals surface area contributed by atoms with Crippen LogP contribution >= 0.6 is 0 Å². The lowest BCUT2D eigenvalue weighted by atomic mass is 10.1. The molecular formula is C10H6FN3. The predicted octanol–water partition coefficient (Wildman–Crippen LogP) is 1.33. The third kappa shape index (κ3) is 1.15. The second-order valence-corrected chi connectivity index (χ2v) is 2.73. The van der Waals surface area contributed by atoms with E-state index in [1.807, 2.05) is 0 Å². The Morgan fingerprint density at radius 3 is 2.93 bits per heavy atom. The van der Waals surface area contributed by atoms with Gasteiger partial charge in [-0.1, -0.05) is 5.92 Å². The maximum absolute atomic E-state index is 13.2. The largest absolute Gasteiger partial charge is 0.384 e. The van der Waals surface area contributed by atoms with E-state index in [1.165, 1.54) is 0 Å². The van der Waals surface area contributed by atoms with Crippen LogP contribution < -0.4 is 5.73 Å². The number of aromatic nitrogens is 2. The molecule has 0 aromatic carbocycles. The zero-order valence-corrected chi connectivity index (χ0v) is 7.16. The third-order valence-electron chi connectivity index (χ3n) is 1.85. The lowest BCUT2D eigenvalue weighted by Gasteiger charge is -2.01. The molecule has 2 rings (SSSR count). The number of nitrogens with two attached hydrogens (primary N) is 1. The molecule has 4 heteroatoms. The van der Waals surface area contributed by atoms with Crippen molar-refractivity contribution in [3.05, 3.63) is 29.7 Å². The summed E-state index contributed by atoms with van der Waals surface area (Å²) >= 11 is 0. The first kappa shape index (κ1) is 8.45. The van der Waals surface area contributed by atoms with Crippen LogP contribution in [0, 0.1) is 18.2 Å². The van der Waals surface area contributed by atoms with Gasteiger partial charge in [-0.15, -0.1) is 6.42 Å².